The van der Waals surface area contributed by atoms with Crippen LogP contribution in [0.5, 0.6) is 0 Å². The summed E-state index contributed by atoms with van der Waals surface area (Å²) in [7, 11) is 0. The highest BCUT2D eigenvalue weighted by Gasteiger charge is 2.35. The van der Waals surface area contributed by atoms with Gasteiger partial charge in [0.05, 0.1) is 0 Å². The van der Waals surface area contributed by atoms with E-state index in [1.165, 1.54) is 0 Å². The van der Waals surface area contributed by atoms with Crippen LogP contribution in [0.3, 0.4) is 0 Å². The second-order valence-corrected chi connectivity index (χ2v) is 4.71. The highest BCUT2D eigenvalue weighted by Crippen LogP contribution is 2.20. The van der Waals surface area contributed by atoms with E-state index in [1.54, 1.807) is 0 Å². The van der Waals surface area contributed by atoms with Gasteiger partial charge in [0.25, 0.3) is 0 Å². The first-order chi connectivity index (χ1) is 7.95. The Hall–Kier alpha value is -1.10. The van der Waals surface area contributed by atoms with Crippen LogP contribution in [0, 0.1) is 5.92 Å². The third-order valence-corrected chi connectivity index (χ3v) is 3.45. The molecule has 0 aromatic heterocycles. The largest absolute Gasteiger partial charge is 0.479 e. The maximum atomic E-state index is 11.8. The molecule has 1 aliphatic heterocycles. The minimum Gasteiger partial charge on any atom is -0.479 e. The summed E-state index contributed by atoms with van der Waals surface area (Å²) in [4.78, 5) is 22.5. The number of ether oxygens (including phenoxy) is 1. The molecule has 1 aliphatic rings. The molecule has 0 aliphatic carbocycles. The van der Waals surface area contributed by atoms with E-state index in [-0.39, 0.29) is 11.9 Å². The summed E-state index contributed by atoms with van der Waals surface area (Å²) < 4.78 is 5.19. The van der Waals surface area contributed by atoms with Crippen LogP contribution in [0.1, 0.15) is 40.0 Å². The predicted octanol–water partition coefficient (Wildman–Crippen LogP) is 1.17. The fourth-order valence-electron chi connectivity index (χ4n) is 1.82. The molecule has 0 bridgehead atoms. The molecule has 1 heterocycles. The predicted molar refractivity (Wildman–Crippen MR) is 62.6 cm³/mol. The van der Waals surface area contributed by atoms with Gasteiger partial charge in [0, 0.05) is 6.04 Å². The van der Waals surface area contributed by atoms with E-state index in [4.69, 9.17) is 9.84 Å². The third kappa shape index (κ3) is 3.70. The molecule has 0 radical (unpaired) electrons. The van der Waals surface area contributed by atoms with Crippen molar-refractivity contribution >= 4 is 11.9 Å². The van der Waals surface area contributed by atoms with Gasteiger partial charge in [0.15, 0.2) is 6.10 Å². The lowest BCUT2D eigenvalue weighted by Gasteiger charge is -2.21. The zero-order valence-electron chi connectivity index (χ0n) is 10.6. The lowest BCUT2D eigenvalue weighted by Crippen LogP contribution is -2.43. The highest BCUT2D eigenvalue weighted by molar-refractivity contribution is 5.82. The minimum absolute atomic E-state index is 0.0833. The summed E-state index contributed by atoms with van der Waals surface area (Å²) >= 11 is 0. The van der Waals surface area contributed by atoms with Gasteiger partial charge in [-0.05, 0) is 25.7 Å². The average molecular weight is 243 g/mol. The van der Waals surface area contributed by atoms with Crippen molar-refractivity contribution in [3.05, 3.63) is 0 Å². The first-order valence-corrected chi connectivity index (χ1v) is 6.14. The summed E-state index contributed by atoms with van der Waals surface area (Å²) in [6.07, 6.45) is 0.443. The molecule has 1 fully saturated rings. The molecule has 1 rings (SSSR count). The van der Waals surface area contributed by atoms with Crippen molar-refractivity contribution in [2.24, 2.45) is 5.92 Å². The molecule has 5 nitrogen and oxygen atoms in total. The van der Waals surface area contributed by atoms with E-state index < -0.39 is 18.2 Å². The van der Waals surface area contributed by atoms with Crippen LogP contribution < -0.4 is 5.32 Å². The zero-order chi connectivity index (χ0) is 13.0. The van der Waals surface area contributed by atoms with E-state index in [0.717, 1.165) is 6.42 Å². The van der Waals surface area contributed by atoms with Crippen molar-refractivity contribution in [3.8, 4) is 0 Å². The van der Waals surface area contributed by atoms with Crippen molar-refractivity contribution in [1.29, 1.82) is 0 Å². The van der Waals surface area contributed by atoms with Crippen molar-refractivity contribution in [3.63, 3.8) is 0 Å². The van der Waals surface area contributed by atoms with Gasteiger partial charge in [-0.2, -0.15) is 0 Å². The van der Waals surface area contributed by atoms with Crippen molar-refractivity contribution in [2.45, 2.75) is 58.3 Å². The lowest BCUT2D eigenvalue weighted by molar-refractivity contribution is -0.152. The maximum Gasteiger partial charge on any atom is 0.332 e. The molecular formula is C12H21NO4. The van der Waals surface area contributed by atoms with Gasteiger partial charge in [0.2, 0.25) is 5.91 Å². The second kappa shape index (κ2) is 6.00. The fourth-order valence-corrected chi connectivity index (χ4v) is 1.82. The molecule has 4 unspecified atom stereocenters. The first kappa shape index (κ1) is 14.0. The summed E-state index contributed by atoms with van der Waals surface area (Å²) in [5.41, 5.74) is 0. The Labute approximate surface area is 102 Å². The Balaban J connectivity index is 2.42. The zero-order valence-corrected chi connectivity index (χ0v) is 10.6. The average Bonchev–Trinajstić information content (AvgIpc) is 2.77. The fraction of sp³-hybridized carbons (Fsp3) is 0.833. The Kier molecular flexibility index (Phi) is 4.93. The molecule has 5 heteroatoms. The van der Waals surface area contributed by atoms with E-state index in [1.807, 2.05) is 6.92 Å². The first-order valence-electron chi connectivity index (χ1n) is 6.14. The third-order valence-electron chi connectivity index (χ3n) is 3.45. The smallest absolute Gasteiger partial charge is 0.332 e. The molecule has 0 aromatic carbocycles. The van der Waals surface area contributed by atoms with Crippen LogP contribution in [-0.2, 0) is 14.3 Å². The van der Waals surface area contributed by atoms with Gasteiger partial charge >= 0.3 is 5.97 Å². The van der Waals surface area contributed by atoms with Crippen molar-refractivity contribution in [2.75, 3.05) is 0 Å². The summed E-state index contributed by atoms with van der Waals surface area (Å²) in [5.74, 6) is -0.785. The van der Waals surface area contributed by atoms with Gasteiger partial charge in [-0.25, -0.2) is 4.79 Å². The maximum absolute atomic E-state index is 11.8. The summed E-state index contributed by atoms with van der Waals surface area (Å²) in [6.45, 7) is 6.09. The van der Waals surface area contributed by atoms with E-state index >= 15 is 0 Å². The normalized spacial score (nSPS) is 27.5. The number of nitrogens with one attached hydrogen (secondary N) is 1. The number of carbonyl (C=O) groups excluding carboxylic acids is 1. The van der Waals surface area contributed by atoms with Crippen LogP contribution in [0.4, 0.5) is 0 Å². The molecule has 1 amide bonds. The second-order valence-electron chi connectivity index (χ2n) is 4.71. The molecule has 0 aromatic rings. The van der Waals surface area contributed by atoms with Crippen molar-refractivity contribution in [1.82, 2.24) is 5.32 Å². The quantitative estimate of drug-likeness (QED) is 0.760. The molecule has 0 saturated carbocycles. The Bertz CT molecular complexity index is 292. The standard InChI is InChI=1S/C12H21NO4/c1-4-7(2)8(3)13-11(14)9-5-6-10(17-9)12(15)16/h7-10H,4-6H2,1-3H3,(H,13,14)(H,15,16). The molecule has 1 saturated heterocycles. The molecule has 4 atom stereocenters. The van der Waals surface area contributed by atoms with Crippen LogP contribution in [0.2, 0.25) is 0 Å². The molecule has 98 valence electrons. The van der Waals surface area contributed by atoms with Crippen LogP contribution in [0.25, 0.3) is 0 Å². The van der Waals surface area contributed by atoms with Gasteiger partial charge in [-0.15, -0.1) is 0 Å². The summed E-state index contributed by atoms with van der Waals surface area (Å²) in [6, 6.07) is 0.0833. The van der Waals surface area contributed by atoms with Crippen LogP contribution in [-0.4, -0.2) is 35.2 Å². The molecule has 0 spiro atoms. The topological polar surface area (TPSA) is 75.6 Å². The number of aliphatic carboxylic acids is 1. The Morgan fingerprint density at radius 2 is 1.94 bits per heavy atom. The van der Waals surface area contributed by atoms with Gasteiger partial charge in [-0.1, -0.05) is 20.3 Å². The van der Waals surface area contributed by atoms with Crippen LogP contribution >= 0.6 is 0 Å². The van der Waals surface area contributed by atoms with E-state index in [2.05, 4.69) is 19.2 Å². The molecule has 2 N–H and O–H groups in total. The SMILES string of the molecule is CCC(C)C(C)NC(=O)C1CCC(C(=O)O)O1. The van der Waals surface area contributed by atoms with Gasteiger partial charge in [0.1, 0.15) is 6.10 Å². The summed E-state index contributed by atoms with van der Waals surface area (Å²) in [5, 5.41) is 11.6. The molecular weight excluding hydrogens is 222 g/mol. The van der Waals surface area contributed by atoms with Crippen molar-refractivity contribution < 1.29 is 19.4 Å². The number of hydrogen-bond acceptors (Lipinski definition) is 3. The number of amides is 1. The van der Waals surface area contributed by atoms with E-state index in [9.17, 15) is 9.59 Å². The number of hydrogen-bond donors (Lipinski definition) is 2. The number of carbonyl (C=O) groups is 2. The lowest BCUT2D eigenvalue weighted by atomic mass is 10.0. The Morgan fingerprint density at radius 3 is 2.41 bits per heavy atom. The minimum atomic E-state index is -0.990. The number of rotatable bonds is 5. The molecule has 17 heavy (non-hydrogen) atoms. The highest BCUT2D eigenvalue weighted by atomic mass is 16.5. The van der Waals surface area contributed by atoms with Gasteiger partial charge in [-0.3, -0.25) is 4.79 Å². The van der Waals surface area contributed by atoms with E-state index in [0.29, 0.717) is 18.8 Å². The Morgan fingerprint density at radius 1 is 1.35 bits per heavy atom. The number of carboxylic acids is 1. The number of carboxylic acid groups (broad SMARTS) is 1. The van der Waals surface area contributed by atoms with Crippen LogP contribution in [0.15, 0.2) is 0 Å². The van der Waals surface area contributed by atoms with Gasteiger partial charge < -0.3 is 15.2 Å². The monoisotopic (exact) mass is 243 g/mol.